The van der Waals surface area contributed by atoms with Crippen molar-refractivity contribution in [2.24, 2.45) is 0 Å². The van der Waals surface area contributed by atoms with E-state index in [-0.39, 0.29) is 12.3 Å². The number of nitrogens with one attached hydrogen (secondary N) is 1. The van der Waals surface area contributed by atoms with Crippen LogP contribution in [0.2, 0.25) is 5.02 Å². The number of hydrogen-bond donors (Lipinski definition) is 1. The minimum Gasteiger partial charge on any atom is -0.372 e. The Morgan fingerprint density at radius 3 is 2.58 bits per heavy atom. The van der Waals surface area contributed by atoms with E-state index in [4.69, 9.17) is 11.6 Å². The van der Waals surface area contributed by atoms with E-state index in [9.17, 15) is 4.79 Å². The zero-order chi connectivity index (χ0) is 17.9. The predicted octanol–water partition coefficient (Wildman–Crippen LogP) is 4.16. The molecule has 4 rings (SSSR count). The normalized spacial score (nSPS) is 14.6. The average molecular weight is 369 g/mol. The molecule has 0 bridgehead atoms. The number of aromatic nitrogens is 2. The molecule has 2 aromatic heterocycles. The van der Waals surface area contributed by atoms with E-state index >= 15 is 0 Å². The Bertz CT molecular complexity index is 913. The zero-order valence-corrected chi connectivity index (χ0v) is 15.2. The largest absolute Gasteiger partial charge is 0.372 e. The molecule has 0 spiro atoms. The molecule has 0 unspecified atom stereocenters. The quantitative estimate of drug-likeness (QED) is 0.752. The number of benzene rings is 1. The molecule has 1 aliphatic heterocycles. The number of anilines is 2. The van der Waals surface area contributed by atoms with E-state index in [0.717, 1.165) is 30.1 Å². The molecular weight excluding hydrogens is 348 g/mol. The van der Waals surface area contributed by atoms with Crippen molar-refractivity contribution in [3.05, 3.63) is 59.5 Å². The molecule has 134 valence electrons. The van der Waals surface area contributed by atoms with Gasteiger partial charge in [0.1, 0.15) is 5.65 Å². The van der Waals surface area contributed by atoms with Gasteiger partial charge in [-0.3, -0.25) is 4.79 Å². The van der Waals surface area contributed by atoms with Gasteiger partial charge >= 0.3 is 0 Å². The van der Waals surface area contributed by atoms with Crippen molar-refractivity contribution in [1.82, 2.24) is 9.38 Å². The summed E-state index contributed by atoms with van der Waals surface area (Å²) in [4.78, 5) is 19.2. The van der Waals surface area contributed by atoms with Crippen molar-refractivity contribution in [2.75, 3.05) is 23.3 Å². The van der Waals surface area contributed by atoms with Gasteiger partial charge < -0.3 is 14.6 Å². The third kappa shape index (κ3) is 3.83. The van der Waals surface area contributed by atoms with Crippen LogP contribution in [-0.2, 0) is 11.2 Å². The second kappa shape index (κ2) is 7.38. The Kier molecular flexibility index (Phi) is 4.80. The maximum Gasteiger partial charge on any atom is 0.230 e. The van der Waals surface area contributed by atoms with E-state index in [2.05, 4.69) is 27.3 Å². The molecule has 1 fully saturated rings. The maximum atomic E-state index is 12.3. The number of rotatable bonds is 4. The fourth-order valence-corrected chi connectivity index (χ4v) is 3.55. The van der Waals surface area contributed by atoms with Crippen LogP contribution in [-0.4, -0.2) is 28.4 Å². The smallest absolute Gasteiger partial charge is 0.230 e. The lowest BCUT2D eigenvalue weighted by molar-refractivity contribution is -0.115. The Morgan fingerprint density at radius 1 is 1.04 bits per heavy atom. The van der Waals surface area contributed by atoms with Crippen molar-refractivity contribution >= 4 is 34.5 Å². The van der Waals surface area contributed by atoms with Gasteiger partial charge in [-0.1, -0.05) is 11.6 Å². The van der Waals surface area contributed by atoms with Gasteiger partial charge in [-0.25, -0.2) is 4.98 Å². The lowest BCUT2D eigenvalue weighted by Gasteiger charge is -2.28. The van der Waals surface area contributed by atoms with Gasteiger partial charge in [0.05, 0.1) is 17.1 Å². The Morgan fingerprint density at radius 2 is 1.81 bits per heavy atom. The molecule has 3 heterocycles. The highest BCUT2D eigenvalue weighted by molar-refractivity contribution is 6.30. The number of carbonyl (C=O) groups excluding carboxylic acids is 1. The monoisotopic (exact) mass is 368 g/mol. The molecule has 1 aromatic carbocycles. The summed E-state index contributed by atoms with van der Waals surface area (Å²) in [5.41, 5.74) is 3.53. The first-order chi connectivity index (χ1) is 12.7. The van der Waals surface area contributed by atoms with Gasteiger partial charge in [-0.05, 0) is 55.7 Å². The van der Waals surface area contributed by atoms with Gasteiger partial charge in [-0.15, -0.1) is 0 Å². The highest BCUT2D eigenvalue weighted by atomic mass is 35.5. The second-order valence-corrected chi connectivity index (χ2v) is 7.10. The van der Waals surface area contributed by atoms with Crippen LogP contribution in [0.15, 0.2) is 48.8 Å². The van der Waals surface area contributed by atoms with Crippen LogP contribution in [0.4, 0.5) is 11.4 Å². The van der Waals surface area contributed by atoms with Gasteiger partial charge in [0.15, 0.2) is 0 Å². The summed E-state index contributed by atoms with van der Waals surface area (Å²) in [5.74, 6) is -0.0785. The average Bonchev–Trinajstić information content (AvgIpc) is 3.04. The summed E-state index contributed by atoms with van der Waals surface area (Å²) >= 11 is 5.98. The van der Waals surface area contributed by atoms with Crippen molar-refractivity contribution < 1.29 is 4.79 Å². The number of halogens is 1. The van der Waals surface area contributed by atoms with Crippen LogP contribution in [0.1, 0.15) is 25.0 Å². The standard InChI is InChI=1S/C20H21ClN4O/c21-15-4-9-19-22-17(14-25(19)13-15)12-20(26)23-16-5-7-18(8-6-16)24-10-2-1-3-11-24/h4-9,13-14H,1-3,10-12H2,(H,23,26). The molecule has 1 amide bonds. The third-order valence-electron chi connectivity index (χ3n) is 4.68. The molecule has 0 atom stereocenters. The summed E-state index contributed by atoms with van der Waals surface area (Å²) in [5, 5.41) is 3.58. The molecule has 5 nitrogen and oxygen atoms in total. The third-order valence-corrected chi connectivity index (χ3v) is 4.90. The van der Waals surface area contributed by atoms with Crippen LogP contribution in [0.5, 0.6) is 0 Å². The molecule has 1 aliphatic rings. The Hall–Kier alpha value is -2.53. The van der Waals surface area contributed by atoms with Crippen LogP contribution < -0.4 is 10.2 Å². The summed E-state index contributed by atoms with van der Waals surface area (Å²) in [7, 11) is 0. The molecular formula is C20H21ClN4O. The topological polar surface area (TPSA) is 49.6 Å². The number of fused-ring (bicyclic) bond motifs is 1. The van der Waals surface area contributed by atoms with E-state index < -0.39 is 0 Å². The SMILES string of the molecule is O=C(Cc1cn2cc(Cl)ccc2n1)Nc1ccc(N2CCCCC2)cc1. The van der Waals surface area contributed by atoms with Crippen LogP contribution in [0, 0.1) is 0 Å². The Balaban J connectivity index is 1.39. The lowest BCUT2D eigenvalue weighted by Crippen LogP contribution is -2.29. The number of imidazole rings is 1. The minimum atomic E-state index is -0.0785. The summed E-state index contributed by atoms with van der Waals surface area (Å²) < 4.78 is 1.83. The van der Waals surface area contributed by atoms with Gasteiger partial charge in [-0.2, -0.15) is 0 Å². The van der Waals surface area contributed by atoms with Crippen molar-refractivity contribution in [3.8, 4) is 0 Å². The van der Waals surface area contributed by atoms with Crippen LogP contribution in [0.25, 0.3) is 5.65 Å². The first kappa shape index (κ1) is 16.9. The predicted molar refractivity (Wildman–Crippen MR) is 105 cm³/mol. The number of nitrogens with zero attached hydrogens (tertiary/aromatic N) is 3. The van der Waals surface area contributed by atoms with E-state index in [0.29, 0.717) is 5.02 Å². The van der Waals surface area contributed by atoms with Gasteiger partial charge in [0.25, 0.3) is 0 Å². The van der Waals surface area contributed by atoms with Gasteiger partial charge in [0, 0.05) is 36.9 Å². The number of pyridine rings is 1. The number of piperidine rings is 1. The van der Waals surface area contributed by atoms with E-state index in [1.807, 2.05) is 28.8 Å². The summed E-state index contributed by atoms with van der Waals surface area (Å²) in [6.45, 7) is 2.23. The van der Waals surface area contributed by atoms with Crippen molar-refractivity contribution in [2.45, 2.75) is 25.7 Å². The first-order valence-electron chi connectivity index (χ1n) is 8.95. The van der Waals surface area contributed by atoms with E-state index in [1.54, 1.807) is 12.3 Å². The van der Waals surface area contributed by atoms with E-state index in [1.165, 1.54) is 24.9 Å². The molecule has 0 radical (unpaired) electrons. The fourth-order valence-electron chi connectivity index (χ4n) is 3.38. The molecule has 26 heavy (non-hydrogen) atoms. The minimum absolute atomic E-state index is 0.0785. The molecule has 1 N–H and O–H groups in total. The zero-order valence-electron chi connectivity index (χ0n) is 14.5. The molecule has 6 heteroatoms. The maximum absolute atomic E-state index is 12.3. The highest BCUT2D eigenvalue weighted by Gasteiger charge is 2.12. The summed E-state index contributed by atoms with van der Waals surface area (Å²) in [6.07, 6.45) is 7.67. The Labute approximate surface area is 157 Å². The summed E-state index contributed by atoms with van der Waals surface area (Å²) in [6, 6.07) is 11.7. The van der Waals surface area contributed by atoms with Crippen molar-refractivity contribution in [3.63, 3.8) is 0 Å². The number of carbonyl (C=O) groups is 1. The van der Waals surface area contributed by atoms with Crippen LogP contribution >= 0.6 is 11.6 Å². The molecule has 0 saturated carbocycles. The fraction of sp³-hybridized carbons (Fsp3) is 0.300. The molecule has 0 aliphatic carbocycles. The molecule has 3 aromatic rings. The van der Waals surface area contributed by atoms with Crippen LogP contribution in [0.3, 0.4) is 0 Å². The number of hydrogen-bond acceptors (Lipinski definition) is 3. The second-order valence-electron chi connectivity index (χ2n) is 6.66. The lowest BCUT2D eigenvalue weighted by atomic mass is 10.1. The molecule has 1 saturated heterocycles. The number of amides is 1. The van der Waals surface area contributed by atoms with Crippen molar-refractivity contribution in [1.29, 1.82) is 0 Å². The van der Waals surface area contributed by atoms with Gasteiger partial charge in [0.2, 0.25) is 5.91 Å². The first-order valence-corrected chi connectivity index (χ1v) is 9.33. The highest BCUT2D eigenvalue weighted by Crippen LogP contribution is 2.22.